The average Bonchev–Trinajstić information content (AvgIpc) is 3.14. The topological polar surface area (TPSA) is 80.4 Å². The fourth-order valence-electron chi connectivity index (χ4n) is 4.90. The van der Waals surface area contributed by atoms with Crippen molar-refractivity contribution in [2.45, 2.75) is 25.8 Å². The first kappa shape index (κ1) is 18.7. The minimum atomic E-state index is -0.150. The van der Waals surface area contributed by atoms with Crippen LogP contribution in [0.5, 0.6) is 5.75 Å². The minimum absolute atomic E-state index is 0.0204. The fraction of sp³-hybridized carbons (Fsp3) is 0.348. The van der Waals surface area contributed by atoms with Gasteiger partial charge in [0.1, 0.15) is 11.6 Å². The van der Waals surface area contributed by atoms with E-state index < -0.39 is 0 Å². The molecule has 0 radical (unpaired) electrons. The van der Waals surface area contributed by atoms with Crippen LogP contribution in [0.1, 0.15) is 34.0 Å². The van der Waals surface area contributed by atoms with Crippen molar-refractivity contribution in [1.29, 1.82) is 0 Å². The van der Waals surface area contributed by atoms with Crippen LogP contribution < -0.4 is 5.56 Å². The fourth-order valence-corrected chi connectivity index (χ4v) is 4.90. The van der Waals surface area contributed by atoms with Gasteiger partial charge in [0.15, 0.2) is 0 Å². The Kier molecular flexibility index (Phi) is 4.27. The Labute approximate surface area is 174 Å². The number of carbonyl (C=O) groups is 1. The Bertz CT molecular complexity index is 1210. The van der Waals surface area contributed by atoms with Crippen LogP contribution in [0.3, 0.4) is 0 Å². The Morgan fingerprint density at radius 1 is 1.17 bits per heavy atom. The van der Waals surface area contributed by atoms with Crippen LogP contribution in [-0.2, 0) is 13.6 Å². The van der Waals surface area contributed by atoms with E-state index in [0.717, 1.165) is 17.7 Å². The number of nitrogens with zero attached hydrogens (tertiary/aromatic N) is 4. The van der Waals surface area contributed by atoms with E-state index in [1.807, 2.05) is 52.4 Å². The molecule has 1 amide bonds. The van der Waals surface area contributed by atoms with Gasteiger partial charge in [0.05, 0.1) is 11.1 Å². The number of hydrogen-bond acceptors (Lipinski definition) is 4. The number of amides is 1. The van der Waals surface area contributed by atoms with Crippen molar-refractivity contribution in [3.8, 4) is 17.1 Å². The van der Waals surface area contributed by atoms with Crippen molar-refractivity contribution in [2.75, 3.05) is 13.1 Å². The van der Waals surface area contributed by atoms with Crippen LogP contribution in [-0.4, -0.2) is 43.1 Å². The Balaban J connectivity index is 1.47. The standard InChI is InChI=1S/C23H24N4O3/c1-14-3-4-17(20(28)9-14)22(29)26-11-15-10-16(13-26)19-6-5-18(23(30)27(19)12-15)21-24-7-8-25(21)2/h3-9,15-16,28H,10-13H2,1-2H3/t15-,16+/m0/s1. The van der Waals surface area contributed by atoms with Crippen LogP contribution in [0, 0.1) is 12.8 Å². The predicted molar refractivity (Wildman–Crippen MR) is 112 cm³/mol. The van der Waals surface area contributed by atoms with Gasteiger partial charge in [-0.15, -0.1) is 0 Å². The number of hydrogen-bond donors (Lipinski definition) is 1. The summed E-state index contributed by atoms with van der Waals surface area (Å²) in [6.07, 6.45) is 4.49. The van der Waals surface area contributed by atoms with Gasteiger partial charge in [0, 0.05) is 50.7 Å². The van der Waals surface area contributed by atoms with Gasteiger partial charge in [-0.05, 0) is 49.1 Å². The van der Waals surface area contributed by atoms with E-state index in [-0.39, 0.29) is 29.1 Å². The quantitative estimate of drug-likeness (QED) is 0.712. The molecule has 3 aromatic rings. The molecule has 7 nitrogen and oxygen atoms in total. The van der Waals surface area contributed by atoms with Crippen molar-refractivity contribution in [2.24, 2.45) is 13.0 Å². The molecular weight excluding hydrogens is 380 g/mol. The second kappa shape index (κ2) is 6.86. The lowest BCUT2D eigenvalue weighted by Gasteiger charge is -2.43. The van der Waals surface area contributed by atoms with E-state index in [9.17, 15) is 14.7 Å². The van der Waals surface area contributed by atoms with E-state index in [4.69, 9.17) is 0 Å². The molecular formula is C23H24N4O3. The maximum atomic E-state index is 13.2. The van der Waals surface area contributed by atoms with Crippen molar-refractivity contribution >= 4 is 5.91 Å². The number of rotatable bonds is 2. The first-order valence-electron chi connectivity index (χ1n) is 10.2. The maximum absolute atomic E-state index is 13.2. The summed E-state index contributed by atoms with van der Waals surface area (Å²) in [5.41, 5.74) is 2.80. The Morgan fingerprint density at radius 2 is 2.00 bits per heavy atom. The summed E-state index contributed by atoms with van der Waals surface area (Å²) in [5, 5.41) is 10.2. The van der Waals surface area contributed by atoms with Gasteiger partial charge in [-0.25, -0.2) is 4.98 Å². The number of piperidine rings is 1. The third-order valence-electron chi connectivity index (χ3n) is 6.34. The monoisotopic (exact) mass is 404 g/mol. The number of carbonyl (C=O) groups excluding carboxylic acids is 1. The number of imidazole rings is 1. The highest BCUT2D eigenvalue weighted by molar-refractivity contribution is 5.97. The molecule has 1 N–H and O–H groups in total. The van der Waals surface area contributed by atoms with E-state index in [0.29, 0.717) is 36.6 Å². The highest BCUT2D eigenvalue weighted by Gasteiger charge is 2.37. The first-order valence-corrected chi connectivity index (χ1v) is 10.2. The number of aryl methyl sites for hydroxylation is 2. The predicted octanol–water partition coefficient (Wildman–Crippen LogP) is 2.52. The molecule has 0 unspecified atom stereocenters. The summed E-state index contributed by atoms with van der Waals surface area (Å²) in [4.78, 5) is 32.4. The zero-order valence-corrected chi connectivity index (χ0v) is 17.1. The van der Waals surface area contributed by atoms with Crippen molar-refractivity contribution < 1.29 is 9.90 Å². The SMILES string of the molecule is Cc1ccc(C(=O)N2C[C@@H]3C[C@H](C2)c2ccc(-c4nccn4C)c(=O)n2C3)c(O)c1. The molecule has 0 spiro atoms. The molecule has 1 fully saturated rings. The molecule has 154 valence electrons. The zero-order chi connectivity index (χ0) is 21.0. The molecule has 0 aliphatic carbocycles. The molecule has 2 aliphatic rings. The molecule has 1 saturated heterocycles. The van der Waals surface area contributed by atoms with Crippen LogP contribution in [0.4, 0.5) is 0 Å². The Morgan fingerprint density at radius 3 is 2.73 bits per heavy atom. The molecule has 4 heterocycles. The molecule has 7 heteroatoms. The highest BCUT2D eigenvalue weighted by atomic mass is 16.3. The number of phenols is 1. The third kappa shape index (κ3) is 2.93. The molecule has 2 aliphatic heterocycles. The molecule has 2 bridgehead atoms. The molecule has 1 aromatic carbocycles. The van der Waals surface area contributed by atoms with Crippen molar-refractivity contribution in [3.05, 3.63) is 69.9 Å². The minimum Gasteiger partial charge on any atom is -0.507 e. The number of phenolic OH excluding ortho intramolecular Hbond substituents is 1. The van der Waals surface area contributed by atoms with Gasteiger partial charge in [-0.1, -0.05) is 6.07 Å². The number of aromatic nitrogens is 3. The van der Waals surface area contributed by atoms with Gasteiger partial charge >= 0.3 is 0 Å². The number of benzene rings is 1. The number of aromatic hydroxyl groups is 1. The summed E-state index contributed by atoms with van der Waals surface area (Å²) in [7, 11) is 1.88. The van der Waals surface area contributed by atoms with Crippen LogP contribution in [0.2, 0.25) is 0 Å². The molecule has 5 rings (SSSR count). The number of pyridine rings is 1. The second-order valence-corrected chi connectivity index (χ2v) is 8.48. The van der Waals surface area contributed by atoms with E-state index in [2.05, 4.69) is 4.98 Å². The third-order valence-corrected chi connectivity index (χ3v) is 6.34. The first-order chi connectivity index (χ1) is 14.4. The number of likely N-dealkylation sites (tertiary alicyclic amines) is 1. The Hall–Kier alpha value is -3.35. The van der Waals surface area contributed by atoms with Crippen LogP contribution in [0.15, 0.2) is 47.5 Å². The van der Waals surface area contributed by atoms with Gasteiger partial charge in [0.2, 0.25) is 0 Å². The molecule has 30 heavy (non-hydrogen) atoms. The molecule has 0 saturated carbocycles. The normalized spacial score (nSPS) is 20.1. The van der Waals surface area contributed by atoms with Crippen molar-refractivity contribution in [1.82, 2.24) is 19.0 Å². The van der Waals surface area contributed by atoms with Crippen LogP contribution >= 0.6 is 0 Å². The molecule has 2 aromatic heterocycles. The van der Waals surface area contributed by atoms with Gasteiger partial charge in [-0.2, -0.15) is 0 Å². The summed E-state index contributed by atoms with van der Waals surface area (Å²) in [6, 6.07) is 9.00. The van der Waals surface area contributed by atoms with E-state index in [1.165, 1.54) is 0 Å². The lowest BCUT2D eigenvalue weighted by atomic mass is 9.82. The second-order valence-electron chi connectivity index (χ2n) is 8.48. The largest absolute Gasteiger partial charge is 0.507 e. The van der Waals surface area contributed by atoms with Gasteiger partial charge in [-0.3, -0.25) is 9.59 Å². The van der Waals surface area contributed by atoms with Gasteiger partial charge in [0.25, 0.3) is 11.5 Å². The highest BCUT2D eigenvalue weighted by Crippen LogP contribution is 2.36. The lowest BCUT2D eigenvalue weighted by molar-refractivity contribution is 0.0592. The van der Waals surface area contributed by atoms with E-state index >= 15 is 0 Å². The van der Waals surface area contributed by atoms with E-state index in [1.54, 1.807) is 18.3 Å². The van der Waals surface area contributed by atoms with Crippen molar-refractivity contribution in [3.63, 3.8) is 0 Å². The summed E-state index contributed by atoms with van der Waals surface area (Å²) >= 11 is 0. The summed E-state index contributed by atoms with van der Waals surface area (Å²) in [5.74, 6) is 0.853. The molecule has 2 atom stereocenters. The van der Waals surface area contributed by atoms with Crippen LogP contribution in [0.25, 0.3) is 11.4 Å². The summed E-state index contributed by atoms with van der Waals surface area (Å²) < 4.78 is 3.72. The van der Waals surface area contributed by atoms with Gasteiger partial charge < -0.3 is 19.1 Å². The zero-order valence-electron chi connectivity index (χ0n) is 17.1. The smallest absolute Gasteiger partial charge is 0.261 e. The lowest BCUT2D eigenvalue weighted by Crippen LogP contribution is -2.49. The average molecular weight is 404 g/mol. The maximum Gasteiger partial charge on any atom is 0.261 e. The summed E-state index contributed by atoms with van der Waals surface area (Å²) in [6.45, 7) is 3.60. The number of fused-ring (bicyclic) bond motifs is 4.